The van der Waals surface area contributed by atoms with Crippen molar-refractivity contribution < 1.29 is 14.4 Å². The second-order valence-electron chi connectivity index (χ2n) is 5.71. The Labute approximate surface area is 129 Å². The van der Waals surface area contributed by atoms with Crippen molar-refractivity contribution in [2.75, 3.05) is 24.6 Å². The maximum atomic E-state index is 12.0. The normalized spacial score (nSPS) is 19.3. The number of thioether (sulfide) groups is 1. The lowest BCUT2D eigenvalue weighted by Gasteiger charge is -2.32. The molecule has 1 saturated heterocycles. The van der Waals surface area contributed by atoms with E-state index in [0.717, 1.165) is 25.7 Å². The lowest BCUT2D eigenvalue weighted by molar-refractivity contribution is -0.132. The van der Waals surface area contributed by atoms with Gasteiger partial charge < -0.3 is 16.0 Å². The Morgan fingerprint density at radius 3 is 2.38 bits per heavy atom. The Bertz CT molecular complexity index is 404. The zero-order valence-electron chi connectivity index (χ0n) is 12.2. The summed E-state index contributed by atoms with van der Waals surface area (Å²) in [7, 11) is 0. The van der Waals surface area contributed by atoms with Gasteiger partial charge in [-0.25, -0.2) is 0 Å². The Morgan fingerprint density at radius 1 is 1.14 bits per heavy atom. The Kier molecular flexibility index (Phi) is 5.90. The Hall–Kier alpha value is -1.24. The Morgan fingerprint density at radius 2 is 1.81 bits per heavy atom. The molecule has 0 aromatic heterocycles. The molecule has 118 valence electrons. The average molecular weight is 313 g/mol. The van der Waals surface area contributed by atoms with Crippen LogP contribution in [0.2, 0.25) is 0 Å². The number of amides is 3. The maximum Gasteiger partial charge on any atom is 0.227 e. The third kappa shape index (κ3) is 5.57. The van der Waals surface area contributed by atoms with E-state index in [-0.39, 0.29) is 35.4 Å². The highest BCUT2D eigenvalue weighted by atomic mass is 32.2. The van der Waals surface area contributed by atoms with E-state index in [1.807, 2.05) is 4.90 Å². The molecule has 3 amide bonds. The van der Waals surface area contributed by atoms with Gasteiger partial charge in [-0.05, 0) is 25.7 Å². The van der Waals surface area contributed by atoms with Crippen LogP contribution in [0.4, 0.5) is 0 Å². The van der Waals surface area contributed by atoms with Crippen LogP contribution < -0.4 is 11.1 Å². The van der Waals surface area contributed by atoms with Gasteiger partial charge in [0.1, 0.15) is 0 Å². The standard InChI is InChI=1S/C14H23N3O3S/c15-12(18)9-21-8-5-13(19)17-6-3-11(4-7-17)16-14(20)10-1-2-10/h10-11H,1-9H2,(H2,15,18)(H,16,20). The number of likely N-dealkylation sites (tertiary alicyclic amines) is 1. The number of nitrogens with one attached hydrogen (secondary N) is 1. The lowest BCUT2D eigenvalue weighted by Crippen LogP contribution is -2.47. The highest BCUT2D eigenvalue weighted by Gasteiger charge is 2.32. The SMILES string of the molecule is NC(=O)CSCCC(=O)N1CCC(NC(=O)C2CC2)CC1. The molecule has 2 fully saturated rings. The van der Waals surface area contributed by atoms with Gasteiger partial charge in [0.25, 0.3) is 0 Å². The summed E-state index contributed by atoms with van der Waals surface area (Å²) in [4.78, 5) is 36.1. The largest absolute Gasteiger partial charge is 0.369 e. The smallest absolute Gasteiger partial charge is 0.227 e. The summed E-state index contributed by atoms with van der Waals surface area (Å²) < 4.78 is 0. The molecule has 2 rings (SSSR count). The van der Waals surface area contributed by atoms with Gasteiger partial charge in [0.15, 0.2) is 0 Å². The van der Waals surface area contributed by atoms with Crippen LogP contribution in [0, 0.1) is 5.92 Å². The minimum atomic E-state index is -0.348. The number of piperidine rings is 1. The number of hydrogen-bond donors (Lipinski definition) is 2. The minimum absolute atomic E-state index is 0.124. The minimum Gasteiger partial charge on any atom is -0.369 e. The van der Waals surface area contributed by atoms with Crippen molar-refractivity contribution in [1.82, 2.24) is 10.2 Å². The van der Waals surface area contributed by atoms with Crippen molar-refractivity contribution in [3.63, 3.8) is 0 Å². The lowest BCUT2D eigenvalue weighted by atomic mass is 10.0. The average Bonchev–Trinajstić information content (AvgIpc) is 3.28. The van der Waals surface area contributed by atoms with Gasteiger partial charge in [-0.15, -0.1) is 0 Å². The van der Waals surface area contributed by atoms with Gasteiger partial charge in [-0.2, -0.15) is 11.8 Å². The third-order valence-electron chi connectivity index (χ3n) is 3.85. The first-order valence-electron chi connectivity index (χ1n) is 7.50. The van der Waals surface area contributed by atoms with E-state index < -0.39 is 0 Å². The van der Waals surface area contributed by atoms with E-state index in [4.69, 9.17) is 5.73 Å². The van der Waals surface area contributed by atoms with Crippen LogP contribution in [0.15, 0.2) is 0 Å². The molecule has 0 unspecified atom stereocenters. The number of rotatable bonds is 7. The second-order valence-corrected chi connectivity index (χ2v) is 6.81. The van der Waals surface area contributed by atoms with Gasteiger partial charge in [-0.1, -0.05) is 0 Å². The highest BCUT2D eigenvalue weighted by Crippen LogP contribution is 2.29. The predicted octanol–water partition coefficient (Wildman–Crippen LogP) is 0.112. The molecular formula is C14H23N3O3S. The van der Waals surface area contributed by atoms with E-state index in [0.29, 0.717) is 25.3 Å². The molecule has 0 atom stereocenters. The fourth-order valence-electron chi connectivity index (χ4n) is 2.43. The molecule has 0 aromatic rings. The van der Waals surface area contributed by atoms with Crippen LogP contribution in [-0.4, -0.2) is 53.3 Å². The Balaban J connectivity index is 1.60. The third-order valence-corrected chi connectivity index (χ3v) is 4.83. The summed E-state index contributed by atoms with van der Waals surface area (Å²) in [5.41, 5.74) is 5.04. The van der Waals surface area contributed by atoms with Crippen molar-refractivity contribution in [3.8, 4) is 0 Å². The molecule has 1 heterocycles. The van der Waals surface area contributed by atoms with Crippen LogP contribution in [0.1, 0.15) is 32.1 Å². The van der Waals surface area contributed by atoms with Crippen LogP contribution in [0.3, 0.4) is 0 Å². The molecule has 0 radical (unpaired) electrons. The molecule has 2 aliphatic rings. The van der Waals surface area contributed by atoms with Gasteiger partial charge in [0.05, 0.1) is 5.75 Å². The molecule has 3 N–H and O–H groups in total. The van der Waals surface area contributed by atoms with Crippen molar-refractivity contribution in [1.29, 1.82) is 0 Å². The number of carbonyl (C=O) groups excluding carboxylic acids is 3. The number of primary amides is 1. The molecule has 1 saturated carbocycles. The van der Waals surface area contributed by atoms with Gasteiger partial charge >= 0.3 is 0 Å². The quantitative estimate of drug-likeness (QED) is 0.653. The first-order chi connectivity index (χ1) is 10.1. The van der Waals surface area contributed by atoms with E-state index in [1.165, 1.54) is 11.8 Å². The van der Waals surface area contributed by atoms with Gasteiger partial charge in [-0.3, -0.25) is 14.4 Å². The second kappa shape index (κ2) is 7.68. The predicted molar refractivity (Wildman–Crippen MR) is 81.6 cm³/mol. The van der Waals surface area contributed by atoms with E-state index >= 15 is 0 Å². The van der Waals surface area contributed by atoms with Crippen molar-refractivity contribution >= 4 is 29.5 Å². The first-order valence-corrected chi connectivity index (χ1v) is 8.66. The topological polar surface area (TPSA) is 92.5 Å². The summed E-state index contributed by atoms with van der Waals surface area (Å²) >= 11 is 1.39. The zero-order chi connectivity index (χ0) is 15.2. The van der Waals surface area contributed by atoms with Crippen molar-refractivity contribution in [2.24, 2.45) is 11.7 Å². The van der Waals surface area contributed by atoms with E-state index in [2.05, 4.69) is 5.32 Å². The molecular weight excluding hydrogens is 290 g/mol. The van der Waals surface area contributed by atoms with Gasteiger partial charge in [0, 0.05) is 37.2 Å². The van der Waals surface area contributed by atoms with Crippen LogP contribution >= 0.6 is 11.8 Å². The van der Waals surface area contributed by atoms with Crippen LogP contribution in [0.5, 0.6) is 0 Å². The van der Waals surface area contributed by atoms with Crippen molar-refractivity contribution in [2.45, 2.75) is 38.1 Å². The molecule has 6 nitrogen and oxygen atoms in total. The maximum absolute atomic E-state index is 12.0. The molecule has 21 heavy (non-hydrogen) atoms. The van der Waals surface area contributed by atoms with E-state index in [9.17, 15) is 14.4 Å². The number of nitrogens with two attached hydrogens (primary N) is 1. The molecule has 1 aliphatic heterocycles. The molecule has 0 bridgehead atoms. The summed E-state index contributed by atoms with van der Waals surface area (Å²) in [6.07, 6.45) is 4.15. The first kappa shape index (κ1) is 16.1. The summed E-state index contributed by atoms with van der Waals surface area (Å²) in [6.45, 7) is 1.41. The summed E-state index contributed by atoms with van der Waals surface area (Å²) in [5.74, 6) is 1.09. The highest BCUT2D eigenvalue weighted by molar-refractivity contribution is 7.99. The fraction of sp³-hybridized carbons (Fsp3) is 0.786. The monoisotopic (exact) mass is 313 g/mol. The number of nitrogens with zero attached hydrogens (tertiary/aromatic N) is 1. The van der Waals surface area contributed by atoms with Crippen molar-refractivity contribution in [3.05, 3.63) is 0 Å². The van der Waals surface area contributed by atoms with Gasteiger partial charge in [0.2, 0.25) is 17.7 Å². The summed E-state index contributed by atoms with van der Waals surface area (Å²) in [6, 6.07) is 0.214. The number of hydrogen-bond acceptors (Lipinski definition) is 4. The number of carbonyl (C=O) groups is 3. The molecule has 0 aromatic carbocycles. The summed E-state index contributed by atoms with van der Waals surface area (Å²) in [5, 5.41) is 3.07. The molecule has 7 heteroatoms. The fourth-order valence-corrected chi connectivity index (χ4v) is 3.09. The zero-order valence-corrected chi connectivity index (χ0v) is 13.0. The van der Waals surface area contributed by atoms with Crippen LogP contribution in [0.25, 0.3) is 0 Å². The molecule has 1 aliphatic carbocycles. The van der Waals surface area contributed by atoms with Crippen LogP contribution in [-0.2, 0) is 14.4 Å². The molecule has 0 spiro atoms. The van der Waals surface area contributed by atoms with E-state index in [1.54, 1.807) is 0 Å².